The standard InChI is InChI=1S/C15H9ClF2N4S/c16-11-3-1-2-9(6-11)14-20-21-15(23)22(14)19-8-10-4-5-12(17)7-13(10)18/h1-8H,(H,21,23)/b19-8-. The Bertz CT molecular complexity index is 949. The maximum atomic E-state index is 13.6. The lowest BCUT2D eigenvalue weighted by Gasteiger charge is -2.02. The van der Waals surface area contributed by atoms with E-state index >= 15 is 0 Å². The normalized spacial score (nSPS) is 11.3. The molecule has 0 atom stereocenters. The molecular formula is C15H9ClF2N4S. The summed E-state index contributed by atoms with van der Waals surface area (Å²) in [7, 11) is 0. The third kappa shape index (κ3) is 3.35. The molecule has 0 fully saturated rings. The first-order chi connectivity index (χ1) is 11.0. The summed E-state index contributed by atoms with van der Waals surface area (Å²) in [6.45, 7) is 0. The molecule has 0 bridgehead atoms. The lowest BCUT2D eigenvalue weighted by Crippen LogP contribution is -1.96. The number of rotatable bonds is 3. The number of aromatic nitrogens is 3. The topological polar surface area (TPSA) is 46.0 Å². The van der Waals surface area contributed by atoms with Crippen LogP contribution in [0.15, 0.2) is 47.6 Å². The number of H-pyrrole nitrogens is 1. The Morgan fingerprint density at radius 1 is 1.22 bits per heavy atom. The van der Waals surface area contributed by atoms with Gasteiger partial charge in [-0.15, -0.1) is 0 Å². The molecule has 0 saturated heterocycles. The van der Waals surface area contributed by atoms with E-state index in [2.05, 4.69) is 15.3 Å². The van der Waals surface area contributed by atoms with E-state index in [9.17, 15) is 8.78 Å². The van der Waals surface area contributed by atoms with Crippen molar-refractivity contribution in [2.75, 3.05) is 0 Å². The molecular weight excluding hydrogens is 342 g/mol. The van der Waals surface area contributed by atoms with E-state index in [1.54, 1.807) is 24.3 Å². The molecule has 0 unspecified atom stereocenters. The maximum absolute atomic E-state index is 13.6. The van der Waals surface area contributed by atoms with Gasteiger partial charge in [0.1, 0.15) is 11.6 Å². The van der Waals surface area contributed by atoms with Crippen molar-refractivity contribution in [2.24, 2.45) is 5.10 Å². The summed E-state index contributed by atoms with van der Waals surface area (Å²) < 4.78 is 28.1. The molecule has 1 heterocycles. The van der Waals surface area contributed by atoms with Crippen LogP contribution in [0.2, 0.25) is 5.02 Å². The summed E-state index contributed by atoms with van der Waals surface area (Å²) in [4.78, 5) is 0. The predicted molar refractivity (Wildman–Crippen MR) is 87.2 cm³/mol. The van der Waals surface area contributed by atoms with E-state index in [1.165, 1.54) is 17.0 Å². The molecule has 0 saturated carbocycles. The van der Waals surface area contributed by atoms with Gasteiger partial charge in [0.2, 0.25) is 4.77 Å². The number of nitrogens with zero attached hydrogens (tertiary/aromatic N) is 3. The summed E-state index contributed by atoms with van der Waals surface area (Å²) >= 11 is 11.1. The predicted octanol–water partition coefficient (Wildman–Crippen LogP) is 4.42. The number of hydrogen-bond acceptors (Lipinski definition) is 3. The molecule has 0 amide bonds. The molecule has 0 aliphatic carbocycles. The second kappa shape index (κ2) is 6.39. The van der Waals surface area contributed by atoms with Gasteiger partial charge < -0.3 is 0 Å². The fraction of sp³-hybridized carbons (Fsp3) is 0. The molecule has 1 aromatic heterocycles. The van der Waals surface area contributed by atoms with Crippen molar-refractivity contribution < 1.29 is 8.78 Å². The van der Waals surface area contributed by atoms with Crippen LogP contribution < -0.4 is 0 Å². The molecule has 3 aromatic rings. The largest absolute Gasteiger partial charge is 0.250 e. The molecule has 8 heteroatoms. The highest BCUT2D eigenvalue weighted by atomic mass is 35.5. The minimum absolute atomic E-state index is 0.131. The van der Waals surface area contributed by atoms with Crippen molar-refractivity contribution >= 4 is 30.0 Å². The van der Waals surface area contributed by atoms with Crippen molar-refractivity contribution in [3.05, 3.63) is 69.5 Å². The molecule has 3 rings (SSSR count). The number of benzene rings is 2. The fourth-order valence-electron chi connectivity index (χ4n) is 1.94. The molecule has 2 aromatic carbocycles. The van der Waals surface area contributed by atoms with E-state index in [-0.39, 0.29) is 10.3 Å². The van der Waals surface area contributed by atoms with Gasteiger partial charge in [0.05, 0.1) is 6.21 Å². The molecule has 0 aliphatic heterocycles. The van der Waals surface area contributed by atoms with Gasteiger partial charge in [-0.1, -0.05) is 23.7 Å². The molecule has 0 aliphatic rings. The van der Waals surface area contributed by atoms with Crippen LogP contribution in [0.5, 0.6) is 0 Å². The molecule has 0 spiro atoms. The highest BCUT2D eigenvalue weighted by molar-refractivity contribution is 7.71. The van der Waals surface area contributed by atoms with Gasteiger partial charge in [-0.05, 0) is 36.5 Å². The van der Waals surface area contributed by atoms with Crippen LogP contribution in [-0.2, 0) is 0 Å². The third-order valence-corrected chi connectivity index (χ3v) is 3.51. The molecule has 116 valence electrons. The Balaban J connectivity index is 2.02. The average Bonchev–Trinajstić information content (AvgIpc) is 2.87. The molecule has 0 radical (unpaired) electrons. The molecule has 1 N–H and O–H groups in total. The zero-order chi connectivity index (χ0) is 16.4. The van der Waals surface area contributed by atoms with Crippen LogP contribution in [0.4, 0.5) is 8.78 Å². The number of hydrogen-bond donors (Lipinski definition) is 1. The first kappa shape index (κ1) is 15.5. The molecule has 23 heavy (non-hydrogen) atoms. The van der Waals surface area contributed by atoms with Gasteiger partial charge in [-0.25, -0.2) is 13.9 Å². The quantitative estimate of drug-likeness (QED) is 0.561. The van der Waals surface area contributed by atoms with Gasteiger partial charge >= 0.3 is 0 Å². The first-order valence-electron chi connectivity index (χ1n) is 6.47. The second-order valence-corrected chi connectivity index (χ2v) is 5.41. The smallest absolute Gasteiger partial charge is 0.216 e. The van der Waals surface area contributed by atoms with Gasteiger partial charge in [-0.3, -0.25) is 0 Å². The van der Waals surface area contributed by atoms with Crippen molar-refractivity contribution in [1.29, 1.82) is 0 Å². The Kier molecular flexibility index (Phi) is 4.31. The van der Waals surface area contributed by atoms with Crippen LogP contribution in [0, 0.1) is 16.4 Å². The van der Waals surface area contributed by atoms with Crippen molar-refractivity contribution in [3.63, 3.8) is 0 Å². The fourth-order valence-corrected chi connectivity index (χ4v) is 2.31. The summed E-state index contributed by atoms with van der Waals surface area (Å²) in [6.07, 6.45) is 1.24. The Hall–Kier alpha value is -2.38. The van der Waals surface area contributed by atoms with Crippen LogP contribution >= 0.6 is 23.8 Å². The highest BCUT2D eigenvalue weighted by Crippen LogP contribution is 2.21. The average molecular weight is 351 g/mol. The van der Waals surface area contributed by atoms with Crippen LogP contribution in [0.25, 0.3) is 11.4 Å². The highest BCUT2D eigenvalue weighted by Gasteiger charge is 2.09. The summed E-state index contributed by atoms with van der Waals surface area (Å²) in [5.41, 5.74) is 0.827. The monoisotopic (exact) mass is 350 g/mol. The summed E-state index contributed by atoms with van der Waals surface area (Å²) in [5, 5.41) is 11.4. The first-order valence-corrected chi connectivity index (χ1v) is 7.26. The van der Waals surface area contributed by atoms with E-state index in [0.717, 1.165) is 12.1 Å². The van der Waals surface area contributed by atoms with Crippen LogP contribution in [0.3, 0.4) is 0 Å². The van der Waals surface area contributed by atoms with E-state index in [1.807, 2.05) is 0 Å². The maximum Gasteiger partial charge on any atom is 0.216 e. The van der Waals surface area contributed by atoms with Gasteiger partial charge in [-0.2, -0.15) is 14.9 Å². The second-order valence-electron chi connectivity index (χ2n) is 4.58. The van der Waals surface area contributed by atoms with E-state index < -0.39 is 11.6 Å². The van der Waals surface area contributed by atoms with Crippen LogP contribution in [0.1, 0.15) is 5.56 Å². The Morgan fingerprint density at radius 2 is 2.04 bits per heavy atom. The van der Waals surface area contributed by atoms with E-state index in [4.69, 9.17) is 23.8 Å². The Morgan fingerprint density at radius 3 is 2.78 bits per heavy atom. The van der Waals surface area contributed by atoms with Gasteiger partial charge in [0.15, 0.2) is 5.82 Å². The van der Waals surface area contributed by atoms with Crippen molar-refractivity contribution in [1.82, 2.24) is 14.9 Å². The van der Waals surface area contributed by atoms with Gasteiger partial charge in [0.25, 0.3) is 0 Å². The summed E-state index contributed by atoms with van der Waals surface area (Å²) in [5.74, 6) is -0.941. The summed E-state index contributed by atoms with van der Waals surface area (Å²) in [6, 6.07) is 10.2. The third-order valence-electron chi connectivity index (χ3n) is 3.01. The lowest BCUT2D eigenvalue weighted by molar-refractivity contribution is 0.582. The SMILES string of the molecule is Fc1ccc(/C=N\n2c(-c3cccc(Cl)c3)n[nH]c2=S)c(F)c1. The van der Waals surface area contributed by atoms with Gasteiger partial charge in [0, 0.05) is 22.2 Å². The van der Waals surface area contributed by atoms with Crippen LogP contribution in [-0.4, -0.2) is 21.1 Å². The Labute approximate surface area is 140 Å². The number of nitrogens with one attached hydrogen (secondary N) is 1. The lowest BCUT2D eigenvalue weighted by atomic mass is 10.2. The zero-order valence-corrected chi connectivity index (χ0v) is 13.1. The van der Waals surface area contributed by atoms with E-state index in [0.29, 0.717) is 16.4 Å². The van der Waals surface area contributed by atoms with Crippen molar-refractivity contribution in [3.8, 4) is 11.4 Å². The minimum Gasteiger partial charge on any atom is -0.250 e. The van der Waals surface area contributed by atoms with Crippen molar-refractivity contribution in [2.45, 2.75) is 0 Å². The zero-order valence-electron chi connectivity index (χ0n) is 11.5. The number of halogens is 3. The molecule has 4 nitrogen and oxygen atoms in total. The minimum atomic E-state index is -0.715. The number of aromatic amines is 1.